The van der Waals surface area contributed by atoms with E-state index in [1.807, 2.05) is 34.7 Å². The molecule has 2 aromatic rings. The van der Waals surface area contributed by atoms with Gasteiger partial charge in [-0.2, -0.15) is 0 Å². The summed E-state index contributed by atoms with van der Waals surface area (Å²) in [5.74, 6) is 1.66. The van der Waals surface area contributed by atoms with Gasteiger partial charge in [-0.1, -0.05) is 31.7 Å². The van der Waals surface area contributed by atoms with Crippen molar-refractivity contribution in [2.75, 3.05) is 25.6 Å². The molecule has 0 aliphatic carbocycles. The van der Waals surface area contributed by atoms with Crippen molar-refractivity contribution in [3.05, 3.63) is 34.1 Å². The Morgan fingerprint density at radius 1 is 1.32 bits per heavy atom. The smallest absolute Gasteiger partial charge is 0.238 e. The molecule has 7 nitrogen and oxygen atoms in total. The largest absolute Gasteiger partial charge is 0.496 e. The number of ether oxygens (including phenoxy) is 1. The van der Waals surface area contributed by atoms with Crippen LogP contribution in [0.5, 0.6) is 5.75 Å². The van der Waals surface area contributed by atoms with Crippen molar-refractivity contribution in [3.63, 3.8) is 0 Å². The lowest BCUT2D eigenvalue weighted by Crippen LogP contribution is -2.46. The number of methoxy groups -OCH3 is 1. The van der Waals surface area contributed by atoms with Gasteiger partial charge in [-0.3, -0.25) is 4.79 Å². The van der Waals surface area contributed by atoms with E-state index >= 15 is 0 Å². The van der Waals surface area contributed by atoms with Crippen molar-refractivity contribution in [1.29, 1.82) is 0 Å². The number of benzene rings is 1. The molecule has 0 radical (unpaired) electrons. The van der Waals surface area contributed by atoms with Crippen LogP contribution in [0.2, 0.25) is 0 Å². The van der Waals surface area contributed by atoms with E-state index in [0.717, 1.165) is 47.5 Å². The first-order valence-electron chi connectivity index (χ1n) is 9.47. The number of carbonyl (C=O) groups is 1. The first-order chi connectivity index (χ1) is 13.5. The fraction of sp³-hybridized carbons (Fsp3) is 0.526. The summed E-state index contributed by atoms with van der Waals surface area (Å²) in [5.41, 5.74) is 4.46. The van der Waals surface area contributed by atoms with Crippen LogP contribution in [0.15, 0.2) is 27.8 Å². The van der Waals surface area contributed by atoms with Gasteiger partial charge >= 0.3 is 0 Å². The molecular formula is C19H26BrN5O2S. The highest BCUT2D eigenvalue weighted by molar-refractivity contribution is 9.10. The van der Waals surface area contributed by atoms with Gasteiger partial charge in [0.05, 0.1) is 17.6 Å². The molecule has 0 fully saturated rings. The number of hydrogen-bond acceptors (Lipinski definition) is 6. The number of fused-ring (bicyclic) bond motifs is 1. The van der Waals surface area contributed by atoms with Gasteiger partial charge < -0.3 is 15.1 Å². The average molecular weight is 468 g/mol. The monoisotopic (exact) mass is 467 g/mol. The molecule has 1 aromatic heterocycles. The molecule has 0 saturated carbocycles. The van der Waals surface area contributed by atoms with Crippen LogP contribution in [-0.2, 0) is 4.79 Å². The predicted molar refractivity (Wildman–Crippen MR) is 114 cm³/mol. The molecule has 3 rings (SSSR count). The van der Waals surface area contributed by atoms with Crippen LogP contribution in [0.3, 0.4) is 0 Å². The van der Waals surface area contributed by atoms with E-state index in [4.69, 9.17) is 4.74 Å². The maximum Gasteiger partial charge on any atom is 0.238 e. The average Bonchev–Trinajstić information content (AvgIpc) is 3.06. The van der Waals surface area contributed by atoms with Gasteiger partial charge in [0.15, 0.2) is 0 Å². The molecule has 1 amide bonds. The molecule has 0 bridgehead atoms. The molecule has 2 heterocycles. The molecule has 0 spiro atoms. The molecule has 2 atom stereocenters. The second-order valence-electron chi connectivity index (χ2n) is 6.73. The number of aryl methyl sites for hydroxylation is 1. The van der Waals surface area contributed by atoms with Crippen LogP contribution >= 0.6 is 27.7 Å². The highest BCUT2D eigenvalue weighted by atomic mass is 79.9. The van der Waals surface area contributed by atoms with Crippen LogP contribution in [0.4, 0.5) is 0 Å². The zero-order chi connectivity index (χ0) is 20.3. The quantitative estimate of drug-likeness (QED) is 0.667. The topological polar surface area (TPSA) is 72.3 Å². The maximum absolute atomic E-state index is 13.5. The van der Waals surface area contributed by atoms with Crippen LogP contribution in [-0.4, -0.2) is 51.1 Å². The molecule has 1 N–H and O–H groups in total. The number of rotatable bonds is 7. The van der Waals surface area contributed by atoms with E-state index in [9.17, 15) is 4.79 Å². The maximum atomic E-state index is 13.5. The normalized spacial score (nSPS) is 18.3. The van der Waals surface area contributed by atoms with E-state index in [0.29, 0.717) is 5.16 Å². The molecule has 1 aliphatic rings. The number of aromatic nitrogens is 3. The summed E-state index contributed by atoms with van der Waals surface area (Å²) in [7, 11) is 1.64. The van der Waals surface area contributed by atoms with E-state index in [1.54, 1.807) is 7.11 Å². The van der Waals surface area contributed by atoms with Crippen molar-refractivity contribution in [2.24, 2.45) is 0 Å². The molecule has 28 heavy (non-hydrogen) atoms. The highest BCUT2D eigenvalue weighted by Gasteiger charge is 2.39. The zero-order valence-electron chi connectivity index (χ0n) is 16.6. The van der Waals surface area contributed by atoms with Crippen molar-refractivity contribution >= 4 is 33.6 Å². The Morgan fingerprint density at radius 3 is 2.64 bits per heavy atom. The molecule has 1 aliphatic heterocycles. The third kappa shape index (κ3) is 4.15. The fourth-order valence-corrected chi connectivity index (χ4v) is 5.09. The van der Waals surface area contributed by atoms with Crippen LogP contribution < -0.4 is 10.2 Å². The standard InChI is InChI=1S/C19H26BrN5O2S/c1-5-9-24(10-6-2)18(26)17-16(13-7-8-15(27-4)14(20)11-13)23-25-12(3)21-22-19(25)28-17/h7-8,11,16-17,23H,5-6,9-10H2,1-4H3/t16-,17-/m1/s1. The SMILES string of the molecule is CCCN(CCC)C(=O)[C@@H]1Sc2nnc(C)n2N[C@@H]1c1ccc(OC)c(Br)c1. The van der Waals surface area contributed by atoms with Crippen molar-refractivity contribution in [1.82, 2.24) is 19.8 Å². The predicted octanol–water partition coefficient (Wildman–Crippen LogP) is 3.77. The molecule has 152 valence electrons. The summed E-state index contributed by atoms with van der Waals surface area (Å²) in [5, 5.41) is 8.78. The first kappa shape index (κ1) is 21.0. The summed E-state index contributed by atoms with van der Waals surface area (Å²) in [4.78, 5) is 15.4. The number of amides is 1. The Bertz CT molecular complexity index is 838. The molecule has 9 heteroatoms. The number of halogens is 1. The second kappa shape index (κ2) is 9.17. The zero-order valence-corrected chi connectivity index (χ0v) is 19.0. The lowest BCUT2D eigenvalue weighted by molar-refractivity contribution is -0.131. The van der Waals surface area contributed by atoms with Crippen LogP contribution in [0.1, 0.15) is 44.1 Å². The first-order valence-corrected chi connectivity index (χ1v) is 11.1. The van der Waals surface area contributed by atoms with Gasteiger partial charge in [-0.05, 0) is 53.4 Å². The Kier molecular flexibility index (Phi) is 6.87. The number of hydrogen-bond donors (Lipinski definition) is 1. The molecule has 0 unspecified atom stereocenters. The van der Waals surface area contributed by atoms with E-state index in [-0.39, 0.29) is 17.2 Å². The van der Waals surface area contributed by atoms with E-state index in [1.165, 1.54) is 11.8 Å². The third-order valence-corrected chi connectivity index (χ3v) is 6.50. The van der Waals surface area contributed by atoms with E-state index in [2.05, 4.69) is 45.4 Å². The van der Waals surface area contributed by atoms with Gasteiger partial charge in [-0.25, -0.2) is 4.68 Å². The Hall–Kier alpha value is -1.74. The van der Waals surface area contributed by atoms with Crippen molar-refractivity contribution in [3.8, 4) is 5.75 Å². The van der Waals surface area contributed by atoms with Crippen molar-refractivity contribution < 1.29 is 9.53 Å². The van der Waals surface area contributed by atoms with E-state index < -0.39 is 0 Å². The number of carbonyl (C=O) groups excluding carboxylic acids is 1. The number of nitrogens with one attached hydrogen (secondary N) is 1. The van der Waals surface area contributed by atoms with Gasteiger partial charge in [0.1, 0.15) is 16.8 Å². The van der Waals surface area contributed by atoms with Gasteiger partial charge in [0.25, 0.3) is 0 Å². The summed E-state index contributed by atoms with van der Waals surface area (Å²) < 4.78 is 8.07. The Labute approximate surface area is 178 Å². The lowest BCUT2D eigenvalue weighted by Gasteiger charge is -2.36. The minimum atomic E-state index is -0.325. The van der Waals surface area contributed by atoms with Crippen LogP contribution in [0, 0.1) is 6.92 Å². The van der Waals surface area contributed by atoms with Gasteiger partial charge in [-0.15, -0.1) is 10.2 Å². The highest BCUT2D eigenvalue weighted by Crippen LogP contribution is 2.39. The second-order valence-corrected chi connectivity index (χ2v) is 8.69. The minimum Gasteiger partial charge on any atom is -0.496 e. The Balaban J connectivity index is 1.99. The van der Waals surface area contributed by atoms with Crippen LogP contribution in [0.25, 0.3) is 0 Å². The summed E-state index contributed by atoms with van der Waals surface area (Å²) in [6, 6.07) is 5.71. The number of nitrogens with zero attached hydrogens (tertiary/aromatic N) is 4. The summed E-state index contributed by atoms with van der Waals surface area (Å²) in [6.07, 6.45) is 1.87. The molecule has 0 saturated heterocycles. The summed E-state index contributed by atoms with van der Waals surface area (Å²) >= 11 is 5.04. The minimum absolute atomic E-state index is 0.130. The van der Waals surface area contributed by atoms with Gasteiger partial charge in [0, 0.05) is 13.1 Å². The molecular weight excluding hydrogens is 442 g/mol. The Morgan fingerprint density at radius 2 is 2.04 bits per heavy atom. The van der Waals surface area contributed by atoms with Gasteiger partial charge in [0.2, 0.25) is 11.1 Å². The third-order valence-electron chi connectivity index (χ3n) is 4.68. The lowest BCUT2D eigenvalue weighted by atomic mass is 10.0. The fourth-order valence-electron chi connectivity index (χ4n) is 3.33. The summed E-state index contributed by atoms with van der Waals surface area (Å²) in [6.45, 7) is 7.61. The number of thioether (sulfide) groups is 1. The molecule has 1 aromatic carbocycles. The van der Waals surface area contributed by atoms with Crippen molar-refractivity contribution in [2.45, 2.75) is 50.1 Å².